The lowest BCUT2D eigenvalue weighted by atomic mass is 9.95. The number of carbonyl (C=O) groups excluding carboxylic acids is 1. The first kappa shape index (κ1) is 34.5. The molecule has 51 heavy (non-hydrogen) atoms. The number of thiazole rings is 1. The topological polar surface area (TPSA) is 89.0 Å². The van der Waals surface area contributed by atoms with Gasteiger partial charge < -0.3 is 18.9 Å². The third-order valence-electron chi connectivity index (χ3n) is 9.63. The number of benzene rings is 4. The summed E-state index contributed by atoms with van der Waals surface area (Å²) in [6.45, 7) is 9.98. The molecule has 0 bridgehead atoms. The molecule has 1 aromatic heterocycles. The Kier molecular flexibility index (Phi) is 10.2. The van der Waals surface area contributed by atoms with Crippen molar-refractivity contribution in [2.75, 3.05) is 53.9 Å². The Labute approximate surface area is 302 Å². The molecule has 1 fully saturated rings. The van der Waals surface area contributed by atoms with E-state index in [0.29, 0.717) is 31.4 Å². The van der Waals surface area contributed by atoms with Gasteiger partial charge in [-0.25, -0.2) is 9.99 Å². The number of hydrogen-bond acceptors (Lipinski definition) is 10. The zero-order valence-corrected chi connectivity index (χ0v) is 30.5. The third-order valence-corrected chi connectivity index (χ3v) is 10.7. The van der Waals surface area contributed by atoms with Crippen LogP contribution in [0.1, 0.15) is 41.6 Å². The third kappa shape index (κ3) is 7.56. The number of carbonyl (C=O) groups is 1. The van der Waals surface area contributed by atoms with Gasteiger partial charge in [-0.05, 0) is 79.1 Å². The van der Waals surface area contributed by atoms with E-state index in [-0.39, 0.29) is 11.9 Å². The Bertz CT molecular complexity index is 2040. The van der Waals surface area contributed by atoms with Crippen LogP contribution < -0.4 is 18.9 Å². The van der Waals surface area contributed by atoms with E-state index in [4.69, 9.17) is 29.0 Å². The smallest absolute Gasteiger partial charge is 0.240 e. The zero-order valence-electron chi connectivity index (χ0n) is 29.7. The van der Waals surface area contributed by atoms with Crippen molar-refractivity contribution in [1.82, 2.24) is 19.8 Å². The maximum atomic E-state index is 12.8. The molecule has 0 saturated carbocycles. The fourth-order valence-corrected chi connectivity index (χ4v) is 7.50. The molecule has 2 aliphatic rings. The van der Waals surface area contributed by atoms with Gasteiger partial charge >= 0.3 is 0 Å². The minimum absolute atomic E-state index is 0.119. The predicted octanol–water partition coefficient (Wildman–Crippen LogP) is 7.29. The van der Waals surface area contributed by atoms with E-state index in [0.717, 1.165) is 81.7 Å². The predicted molar refractivity (Wildman–Crippen MR) is 201 cm³/mol. The highest BCUT2D eigenvalue weighted by atomic mass is 32.1. The van der Waals surface area contributed by atoms with Crippen molar-refractivity contribution in [3.63, 3.8) is 0 Å². The van der Waals surface area contributed by atoms with Gasteiger partial charge in [-0.3, -0.25) is 14.6 Å². The van der Waals surface area contributed by atoms with E-state index < -0.39 is 0 Å². The molecular formula is C40H43N5O5S. The number of aryl methyl sites for hydroxylation is 1. The van der Waals surface area contributed by atoms with Crippen molar-refractivity contribution < 1.29 is 23.7 Å². The van der Waals surface area contributed by atoms with Gasteiger partial charge in [0.1, 0.15) is 30.0 Å². The Morgan fingerprint density at radius 2 is 1.55 bits per heavy atom. The van der Waals surface area contributed by atoms with Crippen LogP contribution in [0.3, 0.4) is 0 Å². The van der Waals surface area contributed by atoms with E-state index in [9.17, 15) is 4.79 Å². The van der Waals surface area contributed by atoms with Crippen LogP contribution in [0.25, 0.3) is 20.8 Å². The van der Waals surface area contributed by atoms with Gasteiger partial charge in [-0.2, -0.15) is 5.10 Å². The highest BCUT2D eigenvalue weighted by Crippen LogP contribution is 2.38. The number of para-hydroxylation sites is 1. The number of nitrogens with zero attached hydrogens (tertiary/aromatic N) is 5. The number of methoxy groups -OCH3 is 2. The molecule has 1 saturated heterocycles. The lowest BCUT2D eigenvalue weighted by Crippen LogP contribution is -2.48. The quantitative estimate of drug-likeness (QED) is 0.142. The minimum Gasteiger partial charge on any atom is -0.496 e. The molecule has 0 radical (unpaired) electrons. The molecule has 0 aliphatic carbocycles. The van der Waals surface area contributed by atoms with Crippen molar-refractivity contribution in [3.8, 4) is 33.6 Å². The van der Waals surface area contributed by atoms with Crippen molar-refractivity contribution in [3.05, 3.63) is 101 Å². The molecule has 0 spiro atoms. The maximum Gasteiger partial charge on any atom is 0.240 e. The van der Waals surface area contributed by atoms with Crippen molar-refractivity contribution in [2.45, 2.75) is 33.2 Å². The number of rotatable bonds is 11. The van der Waals surface area contributed by atoms with Crippen LogP contribution in [0.4, 0.5) is 0 Å². The largest absolute Gasteiger partial charge is 0.496 e. The number of ether oxygens (including phenoxy) is 4. The average Bonchev–Trinajstić information content (AvgIpc) is 3.81. The fraction of sp³-hybridized carbons (Fsp3) is 0.325. The first-order valence-electron chi connectivity index (χ1n) is 17.2. The van der Waals surface area contributed by atoms with E-state index in [1.165, 1.54) is 4.70 Å². The lowest BCUT2D eigenvalue weighted by molar-refractivity contribution is -0.130. The second-order valence-electron chi connectivity index (χ2n) is 13.0. The maximum absolute atomic E-state index is 12.8. The van der Waals surface area contributed by atoms with E-state index in [1.54, 1.807) is 37.5 Å². The average molecular weight is 706 g/mol. The molecule has 3 heterocycles. The van der Waals surface area contributed by atoms with Gasteiger partial charge in [-0.15, -0.1) is 11.3 Å². The second-order valence-corrected chi connectivity index (χ2v) is 14.0. The standard InChI is InChI=1S/C40H43N5O5S/c1-26-19-31(22-37(48-5)27(26)2)34-23-35(45(42-34)28(3)46)29-13-14-36(47-4)38(21-29)50-25-44-17-15-43(16-18-44)24-49-32-10-8-9-30(20-32)40-41-33-11-6-7-12-39(33)51-40/h6-14,19-22,35H,15-18,23-25H2,1-5H3. The van der Waals surface area contributed by atoms with E-state index in [1.807, 2.05) is 61.5 Å². The molecule has 5 aromatic rings. The van der Waals surface area contributed by atoms with Gasteiger partial charge in [0.25, 0.3) is 0 Å². The molecule has 1 amide bonds. The summed E-state index contributed by atoms with van der Waals surface area (Å²) in [6.07, 6.45) is 0.577. The summed E-state index contributed by atoms with van der Waals surface area (Å²) >= 11 is 1.69. The highest BCUT2D eigenvalue weighted by Gasteiger charge is 2.32. The number of piperazine rings is 1. The molecule has 7 rings (SSSR count). The molecule has 10 nitrogen and oxygen atoms in total. The summed E-state index contributed by atoms with van der Waals surface area (Å²) in [5.41, 5.74) is 7.02. The Morgan fingerprint density at radius 3 is 2.27 bits per heavy atom. The van der Waals surface area contributed by atoms with Crippen molar-refractivity contribution in [2.24, 2.45) is 5.10 Å². The molecule has 2 aliphatic heterocycles. The molecule has 4 aromatic carbocycles. The van der Waals surface area contributed by atoms with Crippen molar-refractivity contribution >= 4 is 33.2 Å². The molecular weight excluding hydrogens is 663 g/mol. The van der Waals surface area contributed by atoms with E-state index in [2.05, 4.69) is 41.0 Å². The number of hydrazone groups is 1. The Balaban J connectivity index is 0.949. The normalized spacial score (nSPS) is 16.7. The van der Waals surface area contributed by atoms with Crippen LogP contribution in [-0.4, -0.2) is 85.3 Å². The van der Waals surface area contributed by atoms with Crippen LogP contribution in [0, 0.1) is 13.8 Å². The summed E-state index contributed by atoms with van der Waals surface area (Å²) in [6, 6.07) is 26.1. The number of fused-ring (bicyclic) bond motifs is 1. The summed E-state index contributed by atoms with van der Waals surface area (Å²) in [5, 5.41) is 7.33. The zero-order chi connectivity index (χ0) is 35.5. The monoisotopic (exact) mass is 705 g/mol. The molecule has 1 unspecified atom stereocenters. The van der Waals surface area contributed by atoms with Crippen LogP contribution in [0.5, 0.6) is 23.0 Å². The molecule has 1 atom stereocenters. The summed E-state index contributed by atoms with van der Waals surface area (Å²) in [4.78, 5) is 22.1. The first-order valence-corrected chi connectivity index (χ1v) is 18.0. The highest BCUT2D eigenvalue weighted by molar-refractivity contribution is 7.21. The number of aromatic nitrogens is 1. The molecule has 11 heteroatoms. The van der Waals surface area contributed by atoms with Gasteiger partial charge in [0.05, 0.1) is 36.2 Å². The second kappa shape index (κ2) is 15.1. The Hall–Kier alpha value is -4.97. The summed E-state index contributed by atoms with van der Waals surface area (Å²) in [7, 11) is 3.31. The lowest BCUT2D eigenvalue weighted by Gasteiger charge is -2.34. The van der Waals surface area contributed by atoms with Gasteiger partial charge in [-0.1, -0.05) is 30.3 Å². The van der Waals surface area contributed by atoms with Gasteiger partial charge in [0.2, 0.25) is 5.91 Å². The van der Waals surface area contributed by atoms with Crippen LogP contribution in [-0.2, 0) is 4.79 Å². The van der Waals surface area contributed by atoms with Crippen LogP contribution in [0.15, 0.2) is 84.0 Å². The SMILES string of the molecule is COc1ccc(C2CC(c3cc(C)c(C)c(OC)c3)=NN2C(C)=O)cc1OCN1CCN(COc2cccc(-c3nc4ccccc4s3)c2)CC1. The van der Waals surface area contributed by atoms with Crippen LogP contribution >= 0.6 is 11.3 Å². The first-order chi connectivity index (χ1) is 24.8. The fourth-order valence-electron chi connectivity index (χ4n) is 6.54. The molecule has 264 valence electrons. The van der Waals surface area contributed by atoms with E-state index >= 15 is 0 Å². The Morgan fingerprint density at radius 1 is 0.804 bits per heavy atom. The molecule has 0 N–H and O–H groups in total. The summed E-state index contributed by atoms with van der Waals surface area (Å²) < 4.78 is 25.0. The van der Waals surface area contributed by atoms with Crippen molar-refractivity contribution in [1.29, 1.82) is 0 Å². The van der Waals surface area contributed by atoms with Gasteiger partial charge in [0.15, 0.2) is 11.5 Å². The van der Waals surface area contributed by atoms with Crippen LogP contribution in [0.2, 0.25) is 0 Å². The summed E-state index contributed by atoms with van der Waals surface area (Å²) in [5.74, 6) is 2.81. The number of hydrogen-bond donors (Lipinski definition) is 0. The minimum atomic E-state index is -0.260. The van der Waals surface area contributed by atoms with Gasteiger partial charge in [0, 0.05) is 50.7 Å². The number of amides is 1.